The van der Waals surface area contributed by atoms with E-state index < -0.39 is 0 Å². The lowest BCUT2D eigenvalue weighted by atomic mass is 10.7. The Morgan fingerprint density at radius 2 is 1.83 bits per heavy atom. The van der Waals surface area contributed by atoms with Crippen LogP contribution in [-0.2, 0) is 0 Å². The maximum Gasteiger partial charge on any atom is 0.323 e. The van der Waals surface area contributed by atoms with Crippen molar-refractivity contribution in [2.45, 2.75) is 20.8 Å². The van der Waals surface area contributed by atoms with Crippen molar-refractivity contribution in [1.82, 2.24) is 20.3 Å². The van der Waals surface area contributed by atoms with Gasteiger partial charge < -0.3 is 20.7 Å². The van der Waals surface area contributed by atoms with Crippen molar-refractivity contribution in [1.29, 1.82) is 0 Å². The summed E-state index contributed by atoms with van der Waals surface area (Å²) in [5, 5.41) is 9.31. The number of hydrogen-bond donors (Lipinski definition) is 3. The lowest BCUT2D eigenvalue weighted by Gasteiger charge is -2.10. The van der Waals surface area contributed by atoms with Crippen molar-refractivity contribution < 1.29 is 4.74 Å². The SMILES string of the molecule is CCNC(=S)Nc1nc(NCC)nc(OCC)n1. The molecule has 0 aliphatic rings. The highest BCUT2D eigenvalue weighted by Gasteiger charge is 2.07. The third kappa shape index (κ3) is 4.66. The molecule has 0 atom stereocenters. The van der Waals surface area contributed by atoms with Gasteiger partial charge >= 0.3 is 6.01 Å². The average Bonchev–Trinajstić information content (AvgIpc) is 2.29. The van der Waals surface area contributed by atoms with E-state index in [0.29, 0.717) is 30.2 Å². The van der Waals surface area contributed by atoms with Gasteiger partial charge in [0.05, 0.1) is 6.61 Å². The molecule has 1 heterocycles. The predicted octanol–water partition coefficient (Wildman–Crippen LogP) is 1.01. The van der Waals surface area contributed by atoms with E-state index in [9.17, 15) is 0 Å². The van der Waals surface area contributed by atoms with Gasteiger partial charge in [-0.15, -0.1) is 0 Å². The van der Waals surface area contributed by atoms with Crippen LogP contribution in [0.25, 0.3) is 0 Å². The normalized spacial score (nSPS) is 9.72. The highest BCUT2D eigenvalue weighted by atomic mass is 32.1. The minimum atomic E-state index is 0.269. The largest absolute Gasteiger partial charge is 0.464 e. The monoisotopic (exact) mass is 270 g/mol. The summed E-state index contributed by atoms with van der Waals surface area (Å²) in [4.78, 5) is 12.4. The summed E-state index contributed by atoms with van der Waals surface area (Å²) in [6, 6.07) is 0.269. The first kappa shape index (κ1) is 14.4. The van der Waals surface area contributed by atoms with Gasteiger partial charge in [-0.1, -0.05) is 0 Å². The quantitative estimate of drug-likeness (QED) is 0.661. The first-order valence-corrected chi connectivity index (χ1v) is 6.28. The zero-order chi connectivity index (χ0) is 13.4. The standard InChI is InChI=1S/C10H18N6OS/c1-4-11-7-13-8(16-10(18)12-5-2)15-9(14-7)17-6-3/h4-6H2,1-3H3,(H3,11,12,13,14,15,16,18). The number of nitrogens with zero attached hydrogens (tertiary/aromatic N) is 3. The Hall–Kier alpha value is -1.70. The van der Waals surface area contributed by atoms with E-state index in [1.807, 2.05) is 20.8 Å². The summed E-state index contributed by atoms with van der Waals surface area (Å²) in [5.41, 5.74) is 0. The molecule has 3 N–H and O–H groups in total. The minimum Gasteiger partial charge on any atom is -0.464 e. The zero-order valence-electron chi connectivity index (χ0n) is 10.8. The van der Waals surface area contributed by atoms with E-state index in [1.165, 1.54) is 0 Å². The summed E-state index contributed by atoms with van der Waals surface area (Å²) in [7, 11) is 0. The molecule has 7 nitrogen and oxygen atoms in total. The average molecular weight is 270 g/mol. The maximum atomic E-state index is 5.27. The lowest BCUT2D eigenvalue weighted by Crippen LogP contribution is -2.29. The molecular formula is C10H18N6OS. The van der Waals surface area contributed by atoms with Crippen LogP contribution in [0.2, 0.25) is 0 Å². The van der Waals surface area contributed by atoms with Crippen LogP contribution in [0.4, 0.5) is 11.9 Å². The molecule has 0 aliphatic carbocycles. The van der Waals surface area contributed by atoms with Crippen molar-refractivity contribution in [2.24, 2.45) is 0 Å². The second-order valence-corrected chi connectivity index (χ2v) is 3.62. The van der Waals surface area contributed by atoms with Crippen LogP contribution in [0.3, 0.4) is 0 Å². The highest BCUT2D eigenvalue weighted by Crippen LogP contribution is 2.10. The second-order valence-electron chi connectivity index (χ2n) is 3.21. The third-order valence-corrected chi connectivity index (χ3v) is 2.03. The Bertz CT molecular complexity index is 376. The molecule has 0 bridgehead atoms. The molecule has 0 saturated carbocycles. The fraction of sp³-hybridized carbons (Fsp3) is 0.600. The first-order chi connectivity index (χ1) is 8.69. The second kappa shape index (κ2) is 7.59. The Morgan fingerprint density at radius 3 is 2.44 bits per heavy atom. The Balaban J connectivity index is 2.84. The zero-order valence-corrected chi connectivity index (χ0v) is 11.6. The summed E-state index contributed by atoms with van der Waals surface area (Å²) in [6.07, 6.45) is 0. The number of nitrogens with one attached hydrogen (secondary N) is 3. The fourth-order valence-corrected chi connectivity index (χ4v) is 1.39. The van der Waals surface area contributed by atoms with Gasteiger partial charge in [0.25, 0.3) is 0 Å². The lowest BCUT2D eigenvalue weighted by molar-refractivity contribution is 0.312. The summed E-state index contributed by atoms with van der Waals surface area (Å²) >= 11 is 5.07. The van der Waals surface area contributed by atoms with E-state index in [2.05, 4.69) is 30.9 Å². The van der Waals surface area contributed by atoms with E-state index in [0.717, 1.165) is 6.54 Å². The molecule has 100 valence electrons. The van der Waals surface area contributed by atoms with Crippen LogP contribution in [-0.4, -0.2) is 39.8 Å². The van der Waals surface area contributed by atoms with Gasteiger partial charge in [-0.25, -0.2) is 0 Å². The Labute approximate surface area is 112 Å². The summed E-state index contributed by atoms with van der Waals surface area (Å²) in [5.74, 6) is 0.813. The number of hydrogen-bond acceptors (Lipinski definition) is 6. The van der Waals surface area contributed by atoms with Gasteiger partial charge in [-0.2, -0.15) is 15.0 Å². The molecule has 0 aromatic carbocycles. The molecule has 0 spiro atoms. The van der Waals surface area contributed by atoms with E-state index in [4.69, 9.17) is 17.0 Å². The number of ether oxygens (including phenoxy) is 1. The molecule has 0 amide bonds. The van der Waals surface area contributed by atoms with Crippen molar-refractivity contribution in [3.8, 4) is 6.01 Å². The van der Waals surface area contributed by atoms with Gasteiger partial charge in [0.1, 0.15) is 0 Å². The molecule has 0 saturated heterocycles. The van der Waals surface area contributed by atoms with Gasteiger partial charge in [-0.3, -0.25) is 0 Å². The molecule has 1 aromatic heterocycles. The van der Waals surface area contributed by atoms with Crippen LogP contribution in [0.15, 0.2) is 0 Å². The molecule has 0 fully saturated rings. The van der Waals surface area contributed by atoms with Crippen molar-refractivity contribution in [2.75, 3.05) is 30.3 Å². The third-order valence-electron chi connectivity index (χ3n) is 1.79. The topological polar surface area (TPSA) is 84.0 Å². The maximum absolute atomic E-state index is 5.27. The molecule has 1 rings (SSSR count). The number of rotatable bonds is 6. The predicted molar refractivity (Wildman–Crippen MR) is 75.1 cm³/mol. The van der Waals surface area contributed by atoms with E-state index in [-0.39, 0.29) is 6.01 Å². The molecule has 1 aromatic rings. The Morgan fingerprint density at radius 1 is 1.11 bits per heavy atom. The minimum absolute atomic E-state index is 0.269. The number of thiocarbonyl (C=S) groups is 1. The fourth-order valence-electron chi connectivity index (χ4n) is 1.15. The van der Waals surface area contributed by atoms with E-state index >= 15 is 0 Å². The van der Waals surface area contributed by atoms with E-state index in [1.54, 1.807) is 0 Å². The summed E-state index contributed by atoms with van der Waals surface area (Å²) in [6.45, 7) is 7.72. The van der Waals surface area contributed by atoms with Gasteiger partial charge in [0.15, 0.2) is 5.11 Å². The van der Waals surface area contributed by atoms with Crippen LogP contribution >= 0.6 is 12.2 Å². The number of anilines is 2. The smallest absolute Gasteiger partial charge is 0.323 e. The molecule has 18 heavy (non-hydrogen) atoms. The van der Waals surface area contributed by atoms with Crippen LogP contribution in [0.1, 0.15) is 20.8 Å². The molecule has 8 heteroatoms. The van der Waals surface area contributed by atoms with Gasteiger partial charge in [0, 0.05) is 13.1 Å². The highest BCUT2D eigenvalue weighted by molar-refractivity contribution is 7.80. The van der Waals surface area contributed by atoms with Crippen LogP contribution in [0, 0.1) is 0 Å². The molecular weight excluding hydrogens is 252 g/mol. The molecule has 0 unspecified atom stereocenters. The molecule has 0 radical (unpaired) electrons. The Kier molecular flexibility index (Phi) is 6.06. The molecule has 0 aliphatic heterocycles. The van der Waals surface area contributed by atoms with Gasteiger partial charge in [-0.05, 0) is 33.0 Å². The van der Waals surface area contributed by atoms with Crippen LogP contribution < -0.4 is 20.7 Å². The van der Waals surface area contributed by atoms with Crippen molar-refractivity contribution in [3.05, 3.63) is 0 Å². The number of aromatic nitrogens is 3. The van der Waals surface area contributed by atoms with Crippen LogP contribution in [0.5, 0.6) is 6.01 Å². The summed E-state index contributed by atoms with van der Waals surface area (Å²) < 4.78 is 5.27. The van der Waals surface area contributed by atoms with Crippen molar-refractivity contribution in [3.63, 3.8) is 0 Å². The first-order valence-electron chi connectivity index (χ1n) is 5.87. The van der Waals surface area contributed by atoms with Crippen molar-refractivity contribution >= 4 is 29.2 Å². The van der Waals surface area contributed by atoms with Gasteiger partial charge in [0.2, 0.25) is 11.9 Å².